The Morgan fingerprint density at radius 3 is 2.52 bits per heavy atom. The molecule has 0 radical (unpaired) electrons. The van der Waals surface area contributed by atoms with Crippen molar-refractivity contribution in [2.24, 2.45) is 0 Å². The zero-order valence-corrected chi connectivity index (χ0v) is 17.4. The Kier molecular flexibility index (Phi) is 4.75. The Hall–Kier alpha value is -3.93. The van der Waals surface area contributed by atoms with E-state index in [1.807, 2.05) is 30.3 Å². The van der Waals surface area contributed by atoms with Crippen molar-refractivity contribution in [1.29, 1.82) is 10.5 Å². The fourth-order valence-corrected chi connectivity index (χ4v) is 5.31. The maximum atomic E-state index is 13.1. The molecule has 1 aliphatic carbocycles. The van der Waals surface area contributed by atoms with Crippen LogP contribution < -0.4 is 4.90 Å². The molecule has 0 amide bonds. The number of carbonyl (C=O) groups is 1. The zero-order valence-electron chi connectivity index (χ0n) is 16.6. The van der Waals surface area contributed by atoms with Gasteiger partial charge in [0.25, 0.3) is 0 Å². The normalized spacial score (nSPS) is 15.9. The van der Waals surface area contributed by atoms with Gasteiger partial charge in [-0.15, -0.1) is 11.3 Å². The number of thiophene rings is 1. The van der Waals surface area contributed by atoms with Crippen LogP contribution >= 0.6 is 11.3 Å². The standard InChI is InChI=1S/C26H17N3OS/c27-15-18(16-28)25-20-8-2-3-9-21(20)26(30)22(25)14-19-11-12-24(31-19)29-13-5-7-17-6-1-4-10-23(17)29/h1-4,6,8-12,14H,5,7,13H2/b22-14-. The lowest BCUT2D eigenvalue weighted by molar-refractivity contribution is 0.104. The second-order valence-corrected chi connectivity index (χ2v) is 8.56. The minimum absolute atomic E-state index is 0.0358. The highest BCUT2D eigenvalue weighted by Gasteiger charge is 2.32. The number of nitriles is 2. The molecule has 1 aromatic heterocycles. The molecule has 3 aromatic rings. The number of hydrogen-bond donors (Lipinski definition) is 0. The molecule has 148 valence electrons. The highest BCUT2D eigenvalue weighted by Crippen LogP contribution is 2.42. The summed E-state index contributed by atoms with van der Waals surface area (Å²) >= 11 is 1.61. The van der Waals surface area contributed by atoms with Gasteiger partial charge < -0.3 is 4.90 Å². The van der Waals surface area contributed by atoms with Gasteiger partial charge in [0.15, 0.2) is 5.78 Å². The third-order valence-electron chi connectivity index (χ3n) is 5.70. The largest absolute Gasteiger partial charge is 0.333 e. The first-order chi connectivity index (χ1) is 15.2. The number of aryl methyl sites for hydroxylation is 1. The number of rotatable bonds is 2. The van der Waals surface area contributed by atoms with Gasteiger partial charge in [0.05, 0.1) is 5.00 Å². The first-order valence-corrected chi connectivity index (χ1v) is 10.9. The number of hydrogen-bond acceptors (Lipinski definition) is 5. The summed E-state index contributed by atoms with van der Waals surface area (Å²) in [4.78, 5) is 16.3. The van der Waals surface area contributed by atoms with Crippen LogP contribution in [0, 0.1) is 22.7 Å². The summed E-state index contributed by atoms with van der Waals surface area (Å²) in [5.74, 6) is -0.146. The van der Waals surface area contributed by atoms with Crippen molar-refractivity contribution >= 4 is 39.5 Å². The molecule has 0 bridgehead atoms. The summed E-state index contributed by atoms with van der Waals surface area (Å²) in [5, 5.41) is 20.1. The topological polar surface area (TPSA) is 67.9 Å². The van der Waals surface area contributed by atoms with E-state index in [-0.39, 0.29) is 11.4 Å². The van der Waals surface area contributed by atoms with Gasteiger partial charge in [0.1, 0.15) is 17.7 Å². The number of benzene rings is 2. The van der Waals surface area contributed by atoms with Crippen LogP contribution in [0.3, 0.4) is 0 Å². The second-order valence-electron chi connectivity index (χ2n) is 7.47. The number of carbonyl (C=O) groups excluding carboxylic acids is 1. The van der Waals surface area contributed by atoms with Crippen LogP contribution in [0.1, 0.15) is 32.8 Å². The highest BCUT2D eigenvalue weighted by atomic mass is 32.1. The number of nitrogens with zero attached hydrogens (tertiary/aromatic N) is 3. The summed E-state index contributed by atoms with van der Waals surface area (Å²) < 4.78 is 0. The average molecular weight is 420 g/mol. The van der Waals surface area contributed by atoms with Crippen LogP contribution in [0.2, 0.25) is 0 Å². The Balaban J connectivity index is 1.58. The van der Waals surface area contributed by atoms with Gasteiger partial charge in [-0.2, -0.15) is 10.5 Å². The number of para-hydroxylation sites is 1. The van der Waals surface area contributed by atoms with Gasteiger partial charge in [0, 0.05) is 33.8 Å². The van der Waals surface area contributed by atoms with Crippen molar-refractivity contribution in [3.63, 3.8) is 0 Å². The maximum Gasteiger partial charge on any atom is 0.194 e. The first-order valence-electron chi connectivity index (χ1n) is 10.1. The van der Waals surface area contributed by atoms with Gasteiger partial charge in [-0.05, 0) is 48.2 Å². The molecular weight excluding hydrogens is 402 g/mol. The van der Waals surface area contributed by atoms with Crippen molar-refractivity contribution < 1.29 is 4.79 Å². The van der Waals surface area contributed by atoms with Crippen molar-refractivity contribution in [2.75, 3.05) is 11.4 Å². The van der Waals surface area contributed by atoms with E-state index >= 15 is 0 Å². The Morgan fingerprint density at radius 2 is 1.71 bits per heavy atom. The molecule has 1 aliphatic heterocycles. The molecule has 4 nitrogen and oxygen atoms in total. The Bertz CT molecular complexity index is 1350. The molecule has 0 N–H and O–H groups in total. The quantitative estimate of drug-likeness (QED) is 0.382. The molecule has 2 aromatic carbocycles. The third kappa shape index (κ3) is 3.17. The van der Waals surface area contributed by atoms with E-state index in [0.717, 1.165) is 29.3 Å². The number of fused-ring (bicyclic) bond motifs is 2. The van der Waals surface area contributed by atoms with Gasteiger partial charge in [-0.25, -0.2) is 0 Å². The molecule has 31 heavy (non-hydrogen) atoms. The fourth-order valence-electron chi connectivity index (χ4n) is 4.32. The zero-order chi connectivity index (χ0) is 21.4. The van der Waals surface area contributed by atoms with Crippen molar-refractivity contribution in [3.8, 4) is 12.1 Å². The minimum atomic E-state index is -0.146. The molecule has 0 unspecified atom stereocenters. The van der Waals surface area contributed by atoms with E-state index in [1.165, 1.54) is 11.3 Å². The maximum absolute atomic E-state index is 13.1. The molecule has 0 spiro atoms. The molecule has 2 aliphatic rings. The average Bonchev–Trinajstić information content (AvgIpc) is 3.39. The SMILES string of the molecule is N#CC(C#N)=C1/C(=C/c2ccc(N3CCCc4ccccc43)s2)C(=O)c2ccccc21. The minimum Gasteiger partial charge on any atom is -0.333 e. The highest BCUT2D eigenvalue weighted by molar-refractivity contribution is 7.17. The predicted molar refractivity (Wildman–Crippen MR) is 123 cm³/mol. The van der Waals surface area contributed by atoms with E-state index in [4.69, 9.17) is 0 Å². The monoisotopic (exact) mass is 419 g/mol. The molecule has 0 saturated heterocycles. The molecule has 5 heteroatoms. The van der Waals surface area contributed by atoms with Crippen LogP contribution in [0.25, 0.3) is 11.6 Å². The molecule has 2 heterocycles. The lowest BCUT2D eigenvalue weighted by Crippen LogP contribution is -2.23. The fraction of sp³-hybridized carbons (Fsp3) is 0.115. The van der Waals surface area contributed by atoms with Crippen LogP contribution in [-0.4, -0.2) is 12.3 Å². The van der Waals surface area contributed by atoms with Gasteiger partial charge >= 0.3 is 0 Å². The lowest BCUT2D eigenvalue weighted by atomic mass is 9.99. The molecule has 0 atom stereocenters. The van der Waals surface area contributed by atoms with E-state index in [2.05, 4.69) is 35.2 Å². The second kappa shape index (κ2) is 7.72. The van der Waals surface area contributed by atoms with Crippen LogP contribution in [-0.2, 0) is 6.42 Å². The first kappa shape index (κ1) is 19.1. The summed E-state index contributed by atoms with van der Waals surface area (Å²) in [6.07, 6.45) is 4.00. The molecule has 0 saturated carbocycles. The van der Waals surface area contributed by atoms with E-state index in [0.29, 0.717) is 22.3 Å². The van der Waals surface area contributed by atoms with Gasteiger partial charge in [-0.1, -0.05) is 42.5 Å². The molecular formula is C26H17N3OS. The number of ketones is 1. The van der Waals surface area contributed by atoms with Crippen molar-refractivity contribution in [1.82, 2.24) is 0 Å². The number of anilines is 2. The Morgan fingerprint density at radius 1 is 0.968 bits per heavy atom. The van der Waals surface area contributed by atoms with Crippen molar-refractivity contribution in [2.45, 2.75) is 12.8 Å². The summed E-state index contributed by atoms with van der Waals surface area (Å²) in [6, 6.07) is 23.6. The summed E-state index contributed by atoms with van der Waals surface area (Å²) in [5.41, 5.74) is 4.58. The Labute approximate surface area is 184 Å². The molecule has 5 rings (SSSR count). The van der Waals surface area contributed by atoms with E-state index in [1.54, 1.807) is 29.5 Å². The van der Waals surface area contributed by atoms with Crippen LogP contribution in [0.4, 0.5) is 10.7 Å². The lowest BCUT2D eigenvalue weighted by Gasteiger charge is -2.30. The predicted octanol–water partition coefficient (Wildman–Crippen LogP) is 5.91. The van der Waals surface area contributed by atoms with Crippen LogP contribution in [0.15, 0.2) is 71.8 Å². The van der Waals surface area contributed by atoms with E-state index in [9.17, 15) is 15.3 Å². The number of allylic oxidation sites excluding steroid dienone is 3. The van der Waals surface area contributed by atoms with Gasteiger partial charge in [-0.3, -0.25) is 4.79 Å². The van der Waals surface area contributed by atoms with Crippen molar-refractivity contribution in [3.05, 3.63) is 93.4 Å². The molecule has 0 fully saturated rings. The van der Waals surface area contributed by atoms with E-state index < -0.39 is 0 Å². The number of Topliss-reactive ketones (excluding diaryl/α,β-unsaturated/α-hetero) is 1. The smallest absolute Gasteiger partial charge is 0.194 e. The van der Waals surface area contributed by atoms with Gasteiger partial charge in [0.2, 0.25) is 0 Å². The summed E-state index contributed by atoms with van der Waals surface area (Å²) in [7, 11) is 0. The van der Waals surface area contributed by atoms with Crippen LogP contribution in [0.5, 0.6) is 0 Å². The third-order valence-corrected chi connectivity index (χ3v) is 6.76. The summed E-state index contributed by atoms with van der Waals surface area (Å²) in [6.45, 7) is 0.954.